The average Bonchev–Trinajstić information content (AvgIpc) is 2.77. The maximum atomic E-state index is 12.7. The highest BCUT2D eigenvalue weighted by Gasteiger charge is 2.10. The predicted molar refractivity (Wildman–Crippen MR) is 118 cm³/mol. The number of hydrogen-bond acceptors (Lipinski definition) is 4. The summed E-state index contributed by atoms with van der Waals surface area (Å²) in [6.07, 6.45) is 3.37. The molecular formula is C25H21N3O2. The predicted octanol–water partition coefficient (Wildman–Crippen LogP) is 5.81. The van der Waals surface area contributed by atoms with Crippen molar-refractivity contribution < 1.29 is 9.53 Å². The molecule has 0 saturated heterocycles. The van der Waals surface area contributed by atoms with E-state index in [9.17, 15) is 4.79 Å². The second-order valence-electron chi connectivity index (χ2n) is 7.02. The third-order valence-electron chi connectivity index (χ3n) is 4.67. The number of aryl methyl sites for hydroxylation is 2. The van der Waals surface area contributed by atoms with Crippen LogP contribution >= 0.6 is 0 Å². The molecule has 0 bridgehead atoms. The Kier molecular flexibility index (Phi) is 5.52. The normalized spacial score (nSPS) is 10.5. The summed E-state index contributed by atoms with van der Waals surface area (Å²) in [6.45, 7) is 4.01. The van der Waals surface area contributed by atoms with E-state index < -0.39 is 0 Å². The fourth-order valence-electron chi connectivity index (χ4n) is 3.10. The van der Waals surface area contributed by atoms with E-state index in [-0.39, 0.29) is 11.9 Å². The van der Waals surface area contributed by atoms with Crippen molar-refractivity contribution in [3.63, 3.8) is 0 Å². The Morgan fingerprint density at radius 1 is 0.833 bits per heavy atom. The Hall–Kier alpha value is -3.99. The van der Waals surface area contributed by atoms with Gasteiger partial charge in [-0.2, -0.15) is 0 Å². The van der Waals surface area contributed by atoms with Gasteiger partial charge in [0, 0.05) is 29.2 Å². The summed E-state index contributed by atoms with van der Waals surface area (Å²) in [7, 11) is 0. The molecule has 4 aromatic rings. The van der Waals surface area contributed by atoms with Crippen LogP contribution in [0.3, 0.4) is 0 Å². The Bertz CT molecular complexity index is 1170. The molecule has 1 amide bonds. The summed E-state index contributed by atoms with van der Waals surface area (Å²) in [5.74, 6) is 0.518. The lowest BCUT2D eigenvalue weighted by molar-refractivity contribution is 0.102. The summed E-state index contributed by atoms with van der Waals surface area (Å²) < 4.78 is 5.63. The largest absolute Gasteiger partial charge is 0.424 e. The fourth-order valence-corrected chi connectivity index (χ4v) is 3.10. The zero-order valence-electron chi connectivity index (χ0n) is 16.8. The van der Waals surface area contributed by atoms with E-state index in [2.05, 4.69) is 15.3 Å². The van der Waals surface area contributed by atoms with Crippen molar-refractivity contribution >= 4 is 11.6 Å². The molecular weight excluding hydrogens is 374 g/mol. The fraction of sp³-hybridized carbons (Fsp3) is 0.0800. The lowest BCUT2D eigenvalue weighted by Gasteiger charge is -2.10. The first-order valence-corrected chi connectivity index (χ1v) is 9.62. The average molecular weight is 395 g/mol. The van der Waals surface area contributed by atoms with E-state index in [4.69, 9.17) is 4.74 Å². The van der Waals surface area contributed by atoms with E-state index in [1.54, 1.807) is 18.5 Å². The molecule has 4 rings (SSSR count). The Balaban J connectivity index is 1.50. The van der Waals surface area contributed by atoms with Gasteiger partial charge in [0.25, 0.3) is 5.91 Å². The van der Waals surface area contributed by atoms with Crippen LogP contribution in [-0.4, -0.2) is 15.9 Å². The van der Waals surface area contributed by atoms with Crippen molar-refractivity contribution in [3.8, 4) is 22.9 Å². The number of aromatic nitrogens is 2. The van der Waals surface area contributed by atoms with Crippen LogP contribution in [0.2, 0.25) is 0 Å². The smallest absolute Gasteiger partial charge is 0.321 e. The topological polar surface area (TPSA) is 64.1 Å². The van der Waals surface area contributed by atoms with Gasteiger partial charge in [-0.05, 0) is 55.3 Å². The second-order valence-corrected chi connectivity index (χ2v) is 7.02. The van der Waals surface area contributed by atoms with Gasteiger partial charge in [-0.3, -0.25) is 4.79 Å². The van der Waals surface area contributed by atoms with Crippen molar-refractivity contribution in [1.82, 2.24) is 9.97 Å². The third-order valence-corrected chi connectivity index (χ3v) is 4.67. The minimum atomic E-state index is -0.159. The molecule has 0 aliphatic heterocycles. The number of anilines is 1. The third kappa shape index (κ3) is 4.52. The Morgan fingerprint density at radius 2 is 1.60 bits per heavy atom. The highest BCUT2D eigenvalue weighted by molar-refractivity contribution is 6.05. The van der Waals surface area contributed by atoms with Crippen molar-refractivity contribution in [2.45, 2.75) is 13.8 Å². The van der Waals surface area contributed by atoms with Gasteiger partial charge in [-0.1, -0.05) is 48.0 Å². The van der Waals surface area contributed by atoms with Crippen LogP contribution < -0.4 is 10.1 Å². The van der Waals surface area contributed by atoms with Gasteiger partial charge in [-0.15, -0.1) is 0 Å². The number of ether oxygens (including phenoxy) is 1. The summed E-state index contributed by atoms with van der Waals surface area (Å²) in [5.41, 5.74) is 5.22. The first-order valence-electron chi connectivity index (χ1n) is 9.62. The maximum Gasteiger partial charge on any atom is 0.321 e. The minimum Gasteiger partial charge on any atom is -0.424 e. The van der Waals surface area contributed by atoms with Crippen LogP contribution in [0.15, 0.2) is 85.2 Å². The van der Waals surface area contributed by atoms with Gasteiger partial charge >= 0.3 is 6.01 Å². The van der Waals surface area contributed by atoms with Gasteiger partial charge in [0.15, 0.2) is 0 Å². The molecule has 0 radical (unpaired) electrons. The molecule has 5 heteroatoms. The quantitative estimate of drug-likeness (QED) is 0.463. The summed E-state index contributed by atoms with van der Waals surface area (Å²) in [4.78, 5) is 21.3. The molecule has 0 spiro atoms. The lowest BCUT2D eigenvalue weighted by Crippen LogP contribution is -2.12. The van der Waals surface area contributed by atoms with Crippen molar-refractivity contribution in [2.24, 2.45) is 0 Å². The number of rotatable bonds is 5. The van der Waals surface area contributed by atoms with Gasteiger partial charge in [-0.25, -0.2) is 9.97 Å². The van der Waals surface area contributed by atoms with Crippen molar-refractivity contribution in [2.75, 3.05) is 5.32 Å². The highest BCUT2D eigenvalue weighted by Crippen LogP contribution is 2.23. The highest BCUT2D eigenvalue weighted by atomic mass is 16.5. The van der Waals surface area contributed by atoms with Crippen LogP contribution in [-0.2, 0) is 0 Å². The summed E-state index contributed by atoms with van der Waals surface area (Å²) in [5, 5.41) is 2.98. The van der Waals surface area contributed by atoms with Crippen LogP contribution in [0.1, 0.15) is 21.5 Å². The summed E-state index contributed by atoms with van der Waals surface area (Å²) >= 11 is 0. The molecule has 0 atom stereocenters. The van der Waals surface area contributed by atoms with Crippen LogP contribution in [0.4, 0.5) is 5.69 Å². The SMILES string of the molecule is Cc1ccc(NC(=O)c2cccc(-c3cnc(Oc4ccccc4)nc3)c2)c(C)c1. The van der Waals surface area contributed by atoms with E-state index in [0.29, 0.717) is 11.3 Å². The molecule has 3 aromatic carbocycles. The molecule has 0 unspecified atom stereocenters. The number of nitrogens with zero attached hydrogens (tertiary/aromatic N) is 2. The van der Waals surface area contributed by atoms with E-state index in [0.717, 1.165) is 27.9 Å². The maximum absolute atomic E-state index is 12.7. The van der Waals surface area contributed by atoms with Gasteiger partial charge in [0.1, 0.15) is 5.75 Å². The zero-order valence-corrected chi connectivity index (χ0v) is 16.8. The minimum absolute atomic E-state index is 0.159. The van der Waals surface area contributed by atoms with Gasteiger partial charge < -0.3 is 10.1 Å². The standard InChI is InChI=1S/C25H21N3O2/c1-17-11-12-23(18(2)13-17)28-24(29)20-8-6-7-19(14-20)21-15-26-25(27-16-21)30-22-9-4-3-5-10-22/h3-16H,1-2H3,(H,28,29). The molecule has 30 heavy (non-hydrogen) atoms. The molecule has 5 nitrogen and oxygen atoms in total. The van der Waals surface area contributed by atoms with Gasteiger partial charge in [0.2, 0.25) is 0 Å². The molecule has 0 saturated carbocycles. The van der Waals surface area contributed by atoms with Gasteiger partial charge in [0.05, 0.1) is 0 Å². The van der Waals surface area contributed by atoms with E-state index in [1.165, 1.54) is 0 Å². The zero-order chi connectivity index (χ0) is 20.9. The molecule has 0 aliphatic rings. The number of hydrogen-bond donors (Lipinski definition) is 1. The van der Waals surface area contributed by atoms with E-state index >= 15 is 0 Å². The molecule has 1 heterocycles. The molecule has 1 N–H and O–H groups in total. The first-order chi connectivity index (χ1) is 14.6. The first kappa shape index (κ1) is 19.3. The molecule has 1 aromatic heterocycles. The second kappa shape index (κ2) is 8.57. The molecule has 148 valence electrons. The number of para-hydroxylation sites is 1. The molecule has 0 aliphatic carbocycles. The van der Waals surface area contributed by atoms with Crippen LogP contribution in [0.25, 0.3) is 11.1 Å². The number of nitrogens with one attached hydrogen (secondary N) is 1. The van der Waals surface area contributed by atoms with Crippen molar-refractivity contribution in [3.05, 3.63) is 102 Å². The number of carbonyl (C=O) groups is 1. The van der Waals surface area contributed by atoms with Crippen molar-refractivity contribution in [1.29, 1.82) is 0 Å². The van der Waals surface area contributed by atoms with Crippen LogP contribution in [0.5, 0.6) is 11.8 Å². The number of amides is 1. The Morgan fingerprint density at radius 3 is 2.33 bits per heavy atom. The monoisotopic (exact) mass is 395 g/mol. The van der Waals surface area contributed by atoms with Crippen LogP contribution in [0, 0.1) is 13.8 Å². The number of carbonyl (C=O) groups excluding carboxylic acids is 1. The summed E-state index contributed by atoms with van der Waals surface area (Å²) in [6, 6.07) is 23.0. The lowest BCUT2D eigenvalue weighted by atomic mass is 10.1. The molecule has 0 fully saturated rings. The van der Waals surface area contributed by atoms with E-state index in [1.807, 2.05) is 80.6 Å². The number of benzene rings is 3. The Labute approximate surface area is 175 Å².